The van der Waals surface area contributed by atoms with Crippen LogP contribution in [-0.2, 0) is 6.54 Å². The summed E-state index contributed by atoms with van der Waals surface area (Å²) in [5.41, 5.74) is 1.85. The molecule has 0 amide bonds. The van der Waals surface area contributed by atoms with Crippen molar-refractivity contribution in [1.82, 2.24) is 0 Å². The van der Waals surface area contributed by atoms with Crippen LogP contribution in [-0.4, -0.2) is 13.7 Å². The molecule has 20 heavy (non-hydrogen) atoms. The van der Waals surface area contributed by atoms with Crippen LogP contribution < -0.4 is 14.8 Å². The molecule has 1 N–H and O–H groups in total. The fourth-order valence-electron chi connectivity index (χ4n) is 1.97. The number of methoxy groups -OCH3 is 1. The van der Waals surface area contributed by atoms with Crippen molar-refractivity contribution in [3.05, 3.63) is 53.8 Å². The van der Waals surface area contributed by atoms with E-state index in [-0.39, 0.29) is 5.82 Å². The highest BCUT2D eigenvalue weighted by Gasteiger charge is 2.09. The Morgan fingerprint density at radius 3 is 2.50 bits per heavy atom. The molecule has 3 nitrogen and oxygen atoms in total. The smallest absolute Gasteiger partial charge is 0.165 e. The van der Waals surface area contributed by atoms with Gasteiger partial charge in [-0.05, 0) is 37.3 Å². The summed E-state index contributed by atoms with van der Waals surface area (Å²) in [6.45, 7) is 3.10. The lowest BCUT2D eigenvalue weighted by Gasteiger charge is -2.14. The van der Waals surface area contributed by atoms with E-state index in [1.165, 1.54) is 12.1 Å². The molecule has 0 heterocycles. The van der Waals surface area contributed by atoms with Crippen LogP contribution in [0.25, 0.3) is 0 Å². The van der Waals surface area contributed by atoms with Gasteiger partial charge in [0.1, 0.15) is 5.82 Å². The first-order valence-electron chi connectivity index (χ1n) is 6.52. The standard InChI is InChI=1S/C16H18FNO2/c1-3-20-15-6-4-5-12(16(15)19-2)11-18-14-9-7-13(17)8-10-14/h4-10,18H,3,11H2,1-2H3. The lowest BCUT2D eigenvalue weighted by molar-refractivity contribution is 0.309. The largest absolute Gasteiger partial charge is 0.493 e. The van der Waals surface area contributed by atoms with Gasteiger partial charge in [-0.3, -0.25) is 0 Å². The van der Waals surface area contributed by atoms with E-state index in [4.69, 9.17) is 9.47 Å². The molecule has 2 rings (SSSR count). The highest BCUT2D eigenvalue weighted by molar-refractivity contribution is 5.50. The molecule has 0 aliphatic heterocycles. The number of rotatable bonds is 6. The molecule has 0 atom stereocenters. The minimum atomic E-state index is -0.244. The Labute approximate surface area is 118 Å². The molecule has 2 aromatic rings. The molecule has 0 bridgehead atoms. The Morgan fingerprint density at radius 2 is 1.85 bits per heavy atom. The third kappa shape index (κ3) is 3.41. The predicted molar refractivity (Wildman–Crippen MR) is 77.9 cm³/mol. The van der Waals surface area contributed by atoms with Crippen molar-refractivity contribution < 1.29 is 13.9 Å². The summed E-state index contributed by atoms with van der Waals surface area (Å²) in [6, 6.07) is 12.0. The predicted octanol–water partition coefficient (Wildman–Crippen LogP) is 3.85. The average Bonchev–Trinajstić information content (AvgIpc) is 2.47. The van der Waals surface area contributed by atoms with Gasteiger partial charge >= 0.3 is 0 Å². The van der Waals surface area contributed by atoms with E-state index in [1.807, 2.05) is 25.1 Å². The van der Waals surface area contributed by atoms with Gasteiger partial charge in [0.15, 0.2) is 11.5 Å². The number of nitrogens with one attached hydrogen (secondary N) is 1. The van der Waals surface area contributed by atoms with Crippen molar-refractivity contribution in [2.24, 2.45) is 0 Å². The SMILES string of the molecule is CCOc1cccc(CNc2ccc(F)cc2)c1OC. The second kappa shape index (κ2) is 6.80. The van der Waals surface area contributed by atoms with Crippen LogP contribution in [0.4, 0.5) is 10.1 Å². The minimum Gasteiger partial charge on any atom is -0.493 e. The van der Waals surface area contributed by atoms with Crippen LogP contribution in [0.2, 0.25) is 0 Å². The van der Waals surface area contributed by atoms with Crippen molar-refractivity contribution in [3.8, 4) is 11.5 Å². The second-order valence-corrected chi connectivity index (χ2v) is 4.24. The van der Waals surface area contributed by atoms with Crippen molar-refractivity contribution in [2.45, 2.75) is 13.5 Å². The average molecular weight is 275 g/mol. The van der Waals surface area contributed by atoms with Gasteiger partial charge in [0.25, 0.3) is 0 Å². The van der Waals surface area contributed by atoms with Crippen LogP contribution in [0.1, 0.15) is 12.5 Å². The van der Waals surface area contributed by atoms with E-state index < -0.39 is 0 Å². The third-order valence-corrected chi connectivity index (χ3v) is 2.89. The van der Waals surface area contributed by atoms with Crippen LogP contribution in [0.5, 0.6) is 11.5 Å². The summed E-state index contributed by atoms with van der Waals surface area (Å²) in [5, 5.41) is 3.23. The molecule has 0 saturated heterocycles. The Bertz CT molecular complexity index is 555. The van der Waals surface area contributed by atoms with E-state index in [1.54, 1.807) is 19.2 Å². The van der Waals surface area contributed by atoms with Gasteiger partial charge < -0.3 is 14.8 Å². The molecule has 0 radical (unpaired) electrons. The molecule has 106 valence electrons. The highest BCUT2D eigenvalue weighted by Crippen LogP contribution is 2.31. The summed E-state index contributed by atoms with van der Waals surface area (Å²) in [5.74, 6) is 1.21. The normalized spacial score (nSPS) is 10.2. The topological polar surface area (TPSA) is 30.5 Å². The lowest BCUT2D eigenvalue weighted by atomic mass is 10.1. The monoisotopic (exact) mass is 275 g/mol. The summed E-state index contributed by atoms with van der Waals surface area (Å²) >= 11 is 0. The number of halogens is 1. The molecule has 0 spiro atoms. The number of anilines is 1. The number of ether oxygens (including phenoxy) is 2. The van der Waals surface area contributed by atoms with Crippen molar-refractivity contribution >= 4 is 5.69 Å². The third-order valence-electron chi connectivity index (χ3n) is 2.89. The maximum Gasteiger partial charge on any atom is 0.165 e. The van der Waals surface area contributed by atoms with Gasteiger partial charge in [0, 0.05) is 17.8 Å². The van der Waals surface area contributed by atoms with Crippen LogP contribution >= 0.6 is 0 Å². The van der Waals surface area contributed by atoms with Crippen LogP contribution in [0, 0.1) is 5.82 Å². The van der Waals surface area contributed by atoms with Gasteiger partial charge in [-0.2, -0.15) is 0 Å². The molecule has 4 heteroatoms. The number of hydrogen-bond acceptors (Lipinski definition) is 3. The fourth-order valence-corrected chi connectivity index (χ4v) is 1.97. The summed E-state index contributed by atoms with van der Waals surface area (Å²) in [7, 11) is 1.62. The fraction of sp³-hybridized carbons (Fsp3) is 0.250. The number of hydrogen-bond donors (Lipinski definition) is 1. The van der Waals surface area contributed by atoms with Crippen molar-refractivity contribution in [2.75, 3.05) is 19.0 Å². The van der Waals surface area contributed by atoms with Gasteiger partial charge in [-0.25, -0.2) is 4.39 Å². The molecule has 2 aromatic carbocycles. The van der Waals surface area contributed by atoms with Crippen molar-refractivity contribution in [1.29, 1.82) is 0 Å². The summed E-state index contributed by atoms with van der Waals surface area (Å²) < 4.78 is 23.8. The highest BCUT2D eigenvalue weighted by atomic mass is 19.1. The Balaban J connectivity index is 2.12. The molecule has 0 aliphatic carbocycles. The van der Waals surface area contributed by atoms with E-state index in [2.05, 4.69) is 5.32 Å². The number of benzene rings is 2. The second-order valence-electron chi connectivity index (χ2n) is 4.24. The van der Waals surface area contributed by atoms with Gasteiger partial charge in [-0.15, -0.1) is 0 Å². The lowest BCUT2D eigenvalue weighted by Crippen LogP contribution is -2.03. The van der Waals surface area contributed by atoms with E-state index >= 15 is 0 Å². The van der Waals surface area contributed by atoms with E-state index in [9.17, 15) is 4.39 Å². The zero-order valence-electron chi connectivity index (χ0n) is 11.7. The molecular weight excluding hydrogens is 257 g/mol. The Kier molecular flexibility index (Phi) is 4.82. The molecule has 0 fully saturated rings. The first kappa shape index (κ1) is 14.2. The first-order chi connectivity index (χ1) is 9.74. The minimum absolute atomic E-state index is 0.244. The molecular formula is C16H18FNO2. The summed E-state index contributed by atoms with van der Waals surface area (Å²) in [4.78, 5) is 0. The van der Waals surface area contributed by atoms with Crippen LogP contribution in [0.15, 0.2) is 42.5 Å². The number of para-hydroxylation sites is 1. The first-order valence-corrected chi connectivity index (χ1v) is 6.52. The van der Waals surface area contributed by atoms with E-state index in [0.29, 0.717) is 13.2 Å². The molecule has 0 unspecified atom stereocenters. The quantitative estimate of drug-likeness (QED) is 0.868. The zero-order chi connectivity index (χ0) is 14.4. The van der Waals surface area contributed by atoms with Crippen molar-refractivity contribution in [3.63, 3.8) is 0 Å². The zero-order valence-corrected chi connectivity index (χ0v) is 11.7. The molecule has 0 saturated carbocycles. The molecule has 0 aromatic heterocycles. The maximum absolute atomic E-state index is 12.8. The van der Waals surface area contributed by atoms with E-state index in [0.717, 1.165) is 22.7 Å². The summed E-state index contributed by atoms with van der Waals surface area (Å²) in [6.07, 6.45) is 0. The van der Waals surface area contributed by atoms with Gasteiger partial charge in [0.2, 0.25) is 0 Å². The van der Waals surface area contributed by atoms with Gasteiger partial charge in [0.05, 0.1) is 13.7 Å². The Morgan fingerprint density at radius 1 is 1.10 bits per heavy atom. The molecule has 0 aliphatic rings. The Hall–Kier alpha value is -2.23. The maximum atomic E-state index is 12.8. The van der Waals surface area contributed by atoms with Crippen LogP contribution in [0.3, 0.4) is 0 Å². The van der Waals surface area contributed by atoms with Gasteiger partial charge in [-0.1, -0.05) is 12.1 Å².